The fourth-order valence-corrected chi connectivity index (χ4v) is 5.15. The molecule has 1 aliphatic rings. The minimum atomic E-state index is -4.01. The molecule has 1 fully saturated rings. The largest absolute Gasteiger partial charge is 0.341 e. The van der Waals surface area contributed by atoms with Crippen LogP contribution in [0.4, 0.5) is 10.1 Å². The van der Waals surface area contributed by atoms with E-state index in [1.807, 2.05) is 0 Å². The number of carbonyl (C=O) groups is 1. The van der Waals surface area contributed by atoms with Crippen molar-refractivity contribution in [3.8, 4) is 0 Å². The van der Waals surface area contributed by atoms with Gasteiger partial charge in [-0.05, 0) is 54.7 Å². The van der Waals surface area contributed by atoms with Crippen LogP contribution in [0.3, 0.4) is 0 Å². The summed E-state index contributed by atoms with van der Waals surface area (Å²) < 4.78 is 40.8. The van der Waals surface area contributed by atoms with E-state index in [0.29, 0.717) is 30.6 Å². The van der Waals surface area contributed by atoms with Gasteiger partial charge < -0.3 is 4.90 Å². The molecule has 0 unspecified atom stereocenters. The van der Waals surface area contributed by atoms with Crippen molar-refractivity contribution in [1.82, 2.24) is 4.90 Å². The predicted molar refractivity (Wildman–Crippen MR) is 107 cm³/mol. The van der Waals surface area contributed by atoms with Crippen LogP contribution in [0.15, 0.2) is 59.5 Å². The Kier molecular flexibility index (Phi) is 6.03. The monoisotopic (exact) mass is 404 g/mol. The van der Waals surface area contributed by atoms with Gasteiger partial charge in [0.1, 0.15) is 12.4 Å². The minimum Gasteiger partial charge on any atom is -0.341 e. The maximum absolute atomic E-state index is 13.3. The van der Waals surface area contributed by atoms with Crippen molar-refractivity contribution < 1.29 is 17.6 Å². The van der Waals surface area contributed by atoms with E-state index in [1.165, 1.54) is 12.1 Å². The molecule has 150 valence electrons. The number of sulfonamides is 1. The Morgan fingerprint density at radius 3 is 2.18 bits per heavy atom. The van der Waals surface area contributed by atoms with Gasteiger partial charge in [-0.25, -0.2) is 12.8 Å². The number of hydrogen-bond donors (Lipinski definition) is 0. The van der Waals surface area contributed by atoms with Crippen LogP contribution in [-0.2, 0) is 14.8 Å². The second-order valence-corrected chi connectivity index (χ2v) is 9.41. The molecular formula is C21H25FN2O3S. The van der Waals surface area contributed by atoms with E-state index in [1.54, 1.807) is 35.2 Å². The highest BCUT2D eigenvalue weighted by atomic mass is 32.2. The van der Waals surface area contributed by atoms with E-state index in [2.05, 4.69) is 13.8 Å². The number of piperidine rings is 1. The standard InChI is InChI=1S/C21H25FN2O3S/c1-16-12-17(2)14-23(13-16)21(25)15-24(19-6-4-3-5-7-19)28(26,27)20-10-8-18(22)9-11-20/h3-11,16-17H,12-15H2,1-2H3/t16-,17-/m0/s1. The highest BCUT2D eigenvalue weighted by Crippen LogP contribution is 2.25. The average molecular weight is 405 g/mol. The lowest BCUT2D eigenvalue weighted by atomic mass is 9.92. The normalized spacial score (nSPS) is 20.0. The molecule has 0 bridgehead atoms. The summed E-state index contributed by atoms with van der Waals surface area (Å²) >= 11 is 0. The lowest BCUT2D eigenvalue weighted by molar-refractivity contribution is -0.132. The third-order valence-corrected chi connectivity index (χ3v) is 6.73. The van der Waals surface area contributed by atoms with Crippen molar-refractivity contribution in [2.24, 2.45) is 11.8 Å². The van der Waals surface area contributed by atoms with Crippen LogP contribution in [0.2, 0.25) is 0 Å². The molecule has 0 N–H and O–H groups in total. The molecule has 2 atom stereocenters. The first-order chi connectivity index (χ1) is 13.3. The minimum absolute atomic E-state index is 0.0501. The molecule has 2 aromatic carbocycles. The molecule has 7 heteroatoms. The number of halogens is 1. The smallest absolute Gasteiger partial charge is 0.264 e. The zero-order chi connectivity index (χ0) is 20.3. The molecule has 1 aliphatic heterocycles. The van der Waals surface area contributed by atoms with Crippen LogP contribution >= 0.6 is 0 Å². The van der Waals surface area contributed by atoms with Crippen LogP contribution in [0, 0.1) is 17.7 Å². The first-order valence-electron chi connectivity index (χ1n) is 9.38. The van der Waals surface area contributed by atoms with Gasteiger partial charge in [0.25, 0.3) is 10.0 Å². The summed E-state index contributed by atoms with van der Waals surface area (Å²) in [6.07, 6.45) is 1.06. The van der Waals surface area contributed by atoms with E-state index >= 15 is 0 Å². The average Bonchev–Trinajstić information content (AvgIpc) is 2.66. The maximum atomic E-state index is 13.3. The van der Waals surface area contributed by atoms with Gasteiger partial charge in [0, 0.05) is 13.1 Å². The highest BCUT2D eigenvalue weighted by Gasteiger charge is 2.31. The molecule has 3 rings (SSSR count). The molecule has 1 heterocycles. The molecule has 0 saturated carbocycles. The summed E-state index contributed by atoms with van der Waals surface area (Å²) in [6.45, 7) is 5.16. The number of rotatable bonds is 5. The second kappa shape index (κ2) is 8.31. The first kappa shape index (κ1) is 20.3. The lowest BCUT2D eigenvalue weighted by Crippen LogP contribution is -2.48. The van der Waals surface area contributed by atoms with E-state index in [0.717, 1.165) is 22.9 Å². The third-order valence-electron chi connectivity index (χ3n) is 4.95. The number of amides is 1. The maximum Gasteiger partial charge on any atom is 0.264 e. The number of carbonyl (C=O) groups excluding carboxylic acids is 1. The molecule has 28 heavy (non-hydrogen) atoms. The van der Waals surface area contributed by atoms with Gasteiger partial charge >= 0.3 is 0 Å². The molecule has 1 amide bonds. The fraction of sp³-hybridized carbons (Fsp3) is 0.381. The summed E-state index contributed by atoms with van der Waals surface area (Å²) in [6, 6.07) is 13.2. The number of likely N-dealkylation sites (tertiary alicyclic amines) is 1. The Hall–Kier alpha value is -2.41. The number of anilines is 1. The molecule has 2 aromatic rings. The highest BCUT2D eigenvalue weighted by molar-refractivity contribution is 7.92. The van der Waals surface area contributed by atoms with Crippen molar-refractivity contribution in [3.05, 3.63) is 60.4 Å². The Balaban J connectivity index is 1.92. The van der Waals surface area contributed by atoms with Crippen LogP contribution < -0.4 is 4.31 Å². The van der Waals surface area contributed by atoms with Crippen LogP contribution in [0.5, 0.6) is 0 Å². The van der Waals surface area contributed by atoms with Crippen LogP contribution in [0.1, 0.15) is 20.3 Å². The van der Waals surface area contributed by atoms with Gasteiger partial charge in [0.2, 0.25) is 5.91 Å². The summed E-state index contributed by atoms with van der Waals surface area (Å²) in [5.41, 5.74) is 0.401. The van der Waals surface area contributed by atoms with E-state index in [9.17, 15) is 17.6 Å². The van der Waals surface area contributed by atoms with Gasteiger partial charge in [-0.15, -0.1) is 0 Å². The predicted octanol–water partition coefficient (Wildman–Crippen LogP) is 3.53. The molecular weight excluding hydrogens is 379 g/mol. The molecule has 0 aliphatic carbocycles. The zero-order valence-electron chi connectivity index (χ0n) is 16.1. The number of para-hydroxylation sites is 1. The van der Waals surface area contributed by atoms with E-state index < -0.39 is 15.8 Å². The topological polar surface area (TPSA) is 57.7 Å². The van der Waals surface area contributed by atoms with Crippen molar-refractivity contribution in [3.63, 3.8) is 0 Å². The number of nitrogens with zero attached hydrogens (tertiary/aromatic N) is 2. The van der Waals surface area contributed by atoms with Crippen LogP contribution in [-0.4, -0.2) is 38.9 Å². The lowest BCUT2D eigenvalue weighted by Gasteiger charge is -2.36. The first-order valence-corrected chi connectivity index (χ1v) is 10.8. The second-order valence-electron chi connectivity index (χ2n) is 7.55. The molecule has 5 nitrogen and oxygen atoms in total. The van der Waals surface area contributed by atoms with Gasteiger partial charge in [0.15, 0.2) is 0 Å². The van der Waals surface area contributed by atoms with Crippen molar-refractivity contribution in [2.75, 3.05) is 23.9 Å². The molecule has 0 radical (unpaired) electrons. The summed E-state index contributed by atoms with van der Waals surface area (Å²) in [5, 5.41) is 0. The third kappa shape index (κ3) is 4.52. The number of hydrogen-bond acceptors (Lipinski definition) is 3. The summed E-state index contributed by atoms with van der Waals surface area (Å²) in [4.78, 5) is 14.7. The molecule has 1 saturated heterocycles. The Labute approximate surface area is 165 Å². The van der Waals surface area contributed by atoms with E-state index in [4.69, 9.17) is 0 Å². The molecule has 0 aromatic heterocycles. The summed E-state index contributed by atoms with van der Waals surface area (Å²) in [5.74, 6) is 0.0173. The molecule has 0 spiro atoms. The van der Waals surface area contributed by atoms with Gasteiger partial charge in [-0.1, -0.05) is 32.0 Å². The van der Waals surface area contributed by atoms with Gasteiger partial charge in [-0.3, -0.25) is 9.10 Å². The summed E-state index contributed by atoms with van der Waals surface area (Å²) in [7, 11) is -4.01. The van der Waals surface area contributed by atoms with Crippen molar-refractivity contribution in [2.45, 2.75) is 25.2 Å². The van der Waals surface area contributed by atoms with Crippen LogP contribution in [0.25, 0.3) is 0 Å². The SMILES string of the molecule is C[C@H]1C[C@H](C)CN(C(=O)CN(c2ccccc2)S(=O)(=O)c2ccc(F)cc2)C1. The Morgan fingerprint density at radius 1 is 1.04 bits per heavy atom. The van der Waals surface area contributed by atoms with E-state index in [-0.39, 0.29) is 17.3 Å². The fourth-order valence-electron chi connectivity index (χ4n) is 3.73. The van der Waals surface area contributed by atoms with Gasteiger partial charge in [0.05, 0.1) is 10.6 Å². The van der Waals surface area contributed by atoms with Gasteiger partial charge in [-0.2, -0.15) is 0 Å². The van der Waals surface area contributed by atoms with Crippen molar-refractivity contribution >= 4 is 21.6 Å². The quantitative estimate of drug-likeness (QED) is 0.766. The number of benzene rings is 2. The van der Waals surface area contributed by atoms with Crippen molar-refractivity contribution in [1.29, 1.82) is 0 Å². The Bertz CT molecular complexity index is 906. The Morgan fingerprint density at radius 2 is 1.61 bits per heavy atom. The zero-order valence-corrected chi connectivity index (χ0v) is 16.9.